The monoisotopic (exact) mass is 267 g/mol. The van der Waals surface area contributed by atoms with E-state index in [4.69, 9.17) is 16.3 Å². The number of rotatable bonds is 2. The summed E-state index contributed by atoms with van der Waals surface area (Å²) in [5, 5.41) is 3.36. The van der Waals surface area contributed by atoms with Gasteiger partial charge in [-0.3, -0.25) is 0 Å². The van der Waals surface area contributed by atoms with Crippen LogP contribution in [-0.2, 0) is 0 Å². The minimum absolute atomic E-state index is 0.551. The van der Waals surface area contributed by atoms with Gasteiger partial charge in [0.2, 0.25) is 0 Å². The highest BCUT2D eigenvalue weighted by Gasteiger charge is 2.14. The van der Waals surface area contributed by atoms with Crippen LogP contribution in [0.25, 0.3) is 10.6 Å². The van der Waals surface area contributed by atoms with Crippen LogP contribution in [-0.4, -0.2) is 12.1 Å². The topological polar surface area (TPSA) is 22.1 Å². The number of aryl methyl sites for hydroxylation is 1. The van der Waals surface area contributed by atoms with Crippen molar-refractivity contribution in [2.45, 2.75) is 20.8 Å². The molecular weight excluding hydrogens is 254 g/mol. The summed E-state index contributed by atoms with van der Waals surface area (Å²) in [4.78, 5) is 4.32. The van der Waals surface area contributed by atoms with Crippen molar-refractivity contribution < 1.29 is 4.74 Å². The number of methoxy groups -OCH3 is 1. The van der Waals surface area contributed by atoms with Gasteiger partial charge < -0.3 is 4.74 Å². The molecule has 2 aromatic rings. The summed E-state index contributed by atoms with van der Waals surface area (Å²) in [7, 11) is 1.70. The number of nitrogens with zero attached hydrogens (tertiary/aromatic N) is 1. The lowest BCUT2D eigenvalue weighted by Gasteiger charge is -2.14. The molecular formula is C13H14ClNOS. The maximum absolute atomic E-state index is 5.88. The van der Waals surface area contributed by atoms with Gasteiger partial charge in [0.15, 0.2) is 0 Å². The van der Waals surface area contributed by atoms with Crippen LogP contribution < -0.4 is 4.74 Å². The van der Waals surface area contributed by atoms with Crippen LogP contribution in [0.3, 0.4) is 0 Å². The van der Waals surface area contributed by atoms with Crippen molar-refractivity contribution in [3.8, 4) is 16.3 Å². The molecule has 0 saturated carbocycles. The van der Waals surface area contributed by atoms with Crippen LogP contribution >= 0.6 is 22.9 Å². The van der Waals surface area contributed by atoms with Gasteiger partial charge in [0, 0.05) is 10.9 Å². The molecule has 17 heavy (non-hydrogen) atoms. The highest BCUT2D eigenvalue weighted by atomic mass is 35.5. The van der Waals surface area contributed by atoms with Gasteiger partial charge in [0.05, 0.1) is 7.11 Å². The summed E-state index contributed by atoms with van der Waals surface area (Å²) in [6.07, 6.45) is 0. The lowest BCUT2D eigenvalue weighted by Crippen LogP contribution is -1.96. The van der Waals surface area contributed by atoms with Crippen LogP contribution in [0.4, 0.5) is 0 Å². The summed E-state index contributed by atoms with van der Waals surface area (Å²) in [6, 6.07) is 2.11. The fourth-order valence-corrected chi connectivity index (χ4v) is 2.99. The van der Waals surface area contributed by atoms with Crippen molar-refractivity contribution >= 4 is 22.9 Å². The van der Waals surface area contributed by atoms with Crippen molar-refractivity contribution in [1.82, 2.24) is 4.98 Å². The molecule has 1 aromatic heterocycles. The van der Waals surface area contributed by atoms with E-state index in [1.807, 2.05) is 12.3 Å². The Morgan fingerprint density at radius 2 is 1.94 bits per heavy atom. The van der Waals surface area contributed by atoms with E-state index in [0.29, 0.717) is 5.15 Å². The molecule has 0 N–H and O–H groups in total. The fourth-order valence-electron chi connectivity index (χ4n) is 1.97. The van der Waals surface area contributed by atoms with E-state index < -0.39 is 0 Å². The normalized spacial score (nSPS) is 10.6. The first-order valence-corrected chi connectivity index (χ1v) is 6.56. The summed E-state index contributed by atoms with van der Waals surface area (Å²) in [6.45, 7) is 6.20. The van der Waals surface area contributed by atoms with E-state index >= 15 is 0 Å². The van der Waals surface area contributed by atoms with Crippen LogP contribution in [0, 0.1) is 20.8 Å². The molecule has 0 spiro atoms. The van der Waals surface area contributed by atoms with E-state index in [0.717, 1.165) is 27.4 Å². The van der Waals surface area contributed by atoms with Gasteiger partial charge in [0.25, 0.3) is 0 Å². The molecule has 0 saturated heterocycles. The zero-order chi connectivity index (χ0) is 12.6. The lowest BCUT2D eigenvalue weighted by atomic mass is 9.99. The molecule has 2 nitrogen and oxygen atoms in total. The van der Waals surface area contributed by atoms with Gasteiger partial charge in [-0.2, -0.15) is 0 Å². The average molecular weight is 268 g/mol. The van der Waals surface area contributed by atoms with Gasteiger partial charge in [-0.15, -0.1) is 11.3 Å². The van der Waals surface area contributed by atoms with Gasteiger partial charge >= 0.3 is 0 Å². The number of aromatic nitrogens is 1. The Bertz CT molecular complexity index is 563. The van der Waals surface area contributed by atoms with Crippen molar-refractivity contribution in [2.75, 3.05) is 7.11 Å². The Morgan fingerprint density at radius 3 is 2.47 bits per heavy atom. The molecule has 0 aliphatic carbocycles. The van der Waals surface area contributed by atoms with E-state index in [-0.39, 0.29) is 0 Å². The van der Waals surface area contributed by atoms with Gasteiger partial charge in [-0.05, 0) is 43.5 Å². The first-order chi connectivity index (χ1) is 8.04. The molecule has 0 atom stereocenters. The zero-order valence-electron chi connectivity index (χ0n) is 10.3. The molecule has 1 aromatic carbocycles. The maximum Gasteiger partial charge on any atom is 0.140 e. The summed E-state index contributed by atoms with van der Waals surface area (Å²) in [5.41, 5.74) is 4.61. The van der Waals surface area contributed by atoms with Gasteiger partial charge in [-0.1, -0.05) is 11.6 Å². The second kappa shape index (κ2) is 4.67. The number of halogens is 1. The lowest BCUT2D eigenvalue weighted by molar-refractivity contribution is 0.408. The van der Waals surface area contributed by atoms with Gasteiger partial charge in [-0.25, -0.2) is 4.98 Å². The molecule has 0 fully saturated rings. The van der Waals surface area contributed by atoms with Crippen LogP contribution in [0.2, 0.25) is 5.15 Å². The van der Waals surface area contributed by atoms with E-state index in [2.05, 4.69) is 24.9 Å². The summed E-state index contributed by atoms with van der Waals surface area (Å²) < 4.78 is 5.41. The average Bonchev–Trinajstić information content (AvgIpc) is 2.71. The molecule has 0 aliphatic rings. The third kappa shape index (κ3) is 2.17. The minimum Gasteiger partial charge on any atom is -0.496 e. The molecule has 0 amide bonds. The van der Waals surface area contributed by atoms with Crippen LogP contribution in [0.15, 0.2) is 11.4 Å². The SMILES string of the molecule is COc1c(C)cc(-c2nc(Cl)cs2)c(C)c1C. The Morgan fingerprint density at radius 1 is 1.24 bits per heavy atom. The first kappa shape index (κ1) is 12.4. The molecule has 0 unspecified atom stereocenters. The van der Waals surface area contributed by atoms with E-state index in [1.165, 1.54) is 5.56 Å². The van der Waals surface area contributed by atoms with E-state index in [1.54, 1.807) is 18.4 Å². The number of ether oxygens (including phenoxy) is 1. The highest BCUT2D eigenvalue weighted by Crippen LogP contribution is 2.35. The van der Waals surface area contributed by atoms with Crippen molar-refractivity contribution in [1.29, 1.82) is 0 Å². The van der Waals surface area contributed by atoms with E-state index in [9.17, 15) is 0 Å². The Balaban J connectivity index is 2.64. The van der Waals surface area contributed by atoms with Crippen molar-refractivity contribution in [2.24, 2.45) is 0 Å². The Hall–Kier alpha value is -1.06. The zero-order valence-corrected chi connectivity index (χ0v) is 11.9. The number of thiazole rings is 1. The summed E-state index contributed by atoms with van der Waals surface area (Å²) in [5.74, 6) is 0.953. The Labute approximate surface area is 110 Å². The molecule has 0 bridgehead atoms. The predicted octanol–water partition coefficient (Wildman–Crippen LogP) is 4.40. The molecule has 2 rings (SSSR count). The fraction of sp³-hybridized carbons (Fsp3) is 0.308. The third-order valence-corrected chi connectivity index (χ3v) is 4.14. The first-order valence-electron chi connectivity index (χ1n) is 5.30. The van der Waals surface area contributed by atoms with Crippen LogP contribution in [0.1, 0.15) is 16.7 Å². The second-order valence-corrected chi connectivity index (χ2v) is 5.25. The van der Waals surface area contributed by atoms with Crippen molar-refractivity contribution in [3.63, 3.8) is 0 Å². The largest absolute Gasteiger partial charge is 0.496 e. The summed E-state index contributed by atoms with van der Waals surface area (Å²) >= 11 is 7.44. The molecule has 0 radical (unpaired) electrons. The molecule has 4 heteroatoms. The standard InChI is InChI=1S/C13H14ClNOS/c1-7-5-10(13-15-11(14)6-17-13)8(2)9(3)12(7)16-4/h5-6H,1-4H3. The highest BCUT2D eigenvalue weighted by molar-refractivity contribution is 7.13. The number of hydrogen-bond donors (Lipinski definition) is 0. The van der Waals surface area contributed by atoms with Gasteiger partial charge in [0.1, 0.15) is 15.9 Å². The Kier molecular flexibility index (Phi) is 3.40. The maximum atomic E-state index is 5.88. The molecule has 1 heterocycles. The number of hydrogen-bond acceptors (Lipinski definition) is 3. The smallest absolute Gasteiger partial charge is 0.140 e. The second-order valence-electron chi connectivity index (χ2n) is 4.00. The number of benzene rings is 1. The predicted molar refractivity (Wildman–Crippen MR) is 73.3 cm³/mol. The quantitative estimate of drug-likeness (QED) is 0.805. The third-order valence-electron chi connectivity index (χ3n) is 2.94. The molecule has 0 aliphatic heterocycles. The van der Waals surface area contributed by atoms with Crippen molar-refractivity contribution in [3.05, 3.63) is 33.3 Å². The minimum atomic E-state index is 0.551. The van der Waals surface area contributed by atoms with Crippen LogP contribution in [0.5, 0.6) is 5.75 Å². The molecule has 90 valence electrons.